The Balaban J connectivity index is 1.59. The van der Waals surface area contributed by atoms with E-state index in [0.717, 1.165) is 17.8 Å². The van der Waals surface area contributed by atoms with Crippen LogP contribution in [0.3, 0.4) is 0 Å². The summed E-state index contributed by atoms with van der Waals surface area (Å²) in [6, 6.07) is 5.73. The molecule has 6 nitrogen and oxygen atoms in total. The second kappa shape index (κ2) is 5.63. The number of nitrogens with one attached hydrogen (secondary N) is 1. The predicted octanol–water partition coefficient (Wildman–Crippen LogP) is 2.68. The van der Waals surface area contributed by atoms with Gasteiger partial charge in [0.2, 0.25) is 0 Å². The number of carbonyl (C=O) groups is 2. The topological polar surface area (TPSA) is 76.6 Å². The van der Waals surface area contributed by atoms with Crippen LogP contribution in [0.2, 0.25) is 0 Å². The second-order valence-electron chi connectivity index (χ2n) is 5.97. The van der Waals surface area contributed by atoms with Crippen molar-refractivity contribution in [3.8, 4) is 0 Å². The molecule has 0 bridgehead atoms. The van der Waals surface area contributed by atoms with E-state index in [0.29, 0.717) is 42.0 Å². The number of amides is 1. The normalized spacial score (nSPS) is 14.0. The summed E-state index contributed by atoms with van der Waals surface area (Å²) in [5.41, 5.74) is 2.55. The Kier molecular flexibility index (Phi) is 3.45. The molecule has 3 heterocycles. The SMILES string of the molecule is Cc1oc2c(c1C(=O)NCc1cnc3ccccn13)C(=O)CCC2. The molecule has 4 rings (SSSR count). The van der Waals surface area contributed by atoms with Gasteiger partial charge in [-0.3, -0.25) is 9.59 Å². The van der Waals surface area contributed by atoms with E-state index >= 15 is 0 Å². The summed E-state index contributed by atoms with van der Waals surface area (Å²) in [4.78, 5) is 29.1. The van der Waals surface area contributed by atoms with Gasteiger partial charge in [0.25, 0.3) is 5.91 Å². The molecule has 0 saturated carbocycles. The van der Waals surface area contributed by atoms with Gasteiger partial charge in [-0.15, -0.1) is 0 Å². The molecule has 1 amide bonds. The van der Waals surface area contributed by atoms with Crippen LogP contribution in [0, 0.1) is 6.92 Å². The first-order valence-corrected chi connectivity index (χ1v) is 8.00. The molecule has 1 aliphatic carbocycles. The molecule has 0 saturated heterocycles. The fraction of sp³-hybridized carbons (Fsp3) is 0.278. The van der Waals surface area contributed by atoms with E-state index in [2.05, 4.69) is 10.3 Å². The summed E-state index contributed by atoms with van der Waals surface area (Å²) in [6.45, 7) is 2.06. The Morgan fingerprint density at radius 3 is 3.12 bits per heavy atom. The number of aryl methyl sites for hydroxylation is 2. The fourth-order valence-electron chi connectivity index (χ4n) is 3.26. The number of carbonyl (C=O) groups excluding carboxylic acids is 2. The number of ketones is 1. The lowest BCUT2D eigenvalue weighted by molar-refractivity contribution is 0.0925. The quantitative estimate of drug-likeness (QED) is 0.804. The average Bonchev–Trinajstić information content (AvgIpc) is 3.14. The first kappa shape index (κ1) is 14.7. The highest BCUT2D eigenvalue weighted by Crippen LogP contribution is 2.29. The third-order valence-corrected chi connectivity index (χ3v) is 4.39. The second-order valence-corrected chi connectivity index (χ2v) is 5.97. The maximum absolute atomic E-state index is 12.6. The van der Waals surface area contributed by atoms with Crippen LogP contribution in [0.4, 0.5) is 0 Å². The minimum atomic E-state index is -0.279. The molecule has 0 spiro atoms. The minimum Gasteiger partial charge on any atom is -0.465 e. The van der Waals surface area contributed by atoms with Gasteiger partial charge < -0.3 is 14.1 Å². The van der Waals surface area contributed by atoms with Crippen LogP contribution in [0.5, 0.6) is 0 Å². The summed E-state index contributed by atoms with van der Waals surface area (Å²) in [7, 11) is 0. The summed E-state index contributed by atoms with van der Waals surface area (Å²) in [6.07, 6.45) is 5.60. The Hall–Kier alpha value is -2.89. The average molecular weight is 323 g/mol. The summed E-state index contributed by atoms with van der Waals surface area (Å²) in [5, 5.41) is 2.88. The molecule has 6 heteroatoms. The highest BCUT2D eigenvalue weighted by atomic mass is 16.3. The van der Waals surface area contributed by atoms with Crippen molar-refractivity contribution in [1.29, 1.82) is 0 Å². The molecule has 3 aromatic rings. The molecular weight excluding hydrogens is 306 g/mol. The number of aromatic nitrogens is 2. The third kappa shape index (κ3) is 2.31. The molecule has 1 aliphatic rings. The largest absolute Gasteiger partial charge is 0.465 e. The fourth-order valence-corrected chi connectivity index (χ4v) is 3.26. The lowest BCUT2D eigenvalue weighted by Crippen LogP contribution is -2.26. The summed E-state index contributed by atoms with van der Waals surface area (Å²) >= 11 is 0. The number of hydrogen-bond donors (Lipinski definition) is 1. The van der Waals surface area contributed by atoms with E-state index in [1.54, 1.807) is 13.1 Å². The van der Waals surface area contributed by atoms with E-state index in [1.165, 1.54) is 0 Å². The van der Waals surface area contributed by atoms with E-state index in [4.69, 9.17) is 4.42 Å². The number of hydrogen-bond acceptors (Lipinski definition) is 4. The van der Waals surface area contributed by atoms with Crippen molar-refractivity contribution < 1.29 is 14.0 Å². The van der Waals surface area contributed by atoms with Gasteiger partial charge in [0.1, 0.15) is 17.2 Å². The maximum Gasteiger partial charge on any atom is 0.255 e. The number of furan rings is 1. The van der Waals surface area contributed by atoms with Gasteiger partial charge in [0, 0.05) is 19.0 Å². The van der Waals surface area contributed by atoms with E-state index in [1.807, 2.05) is 28.8 Å². The number of nitrogens with zero attached hydrogens (tertiary/aromatic N) is 2. The Labute approximate surface area is 138 Å². The van der Waals surface area contributed by atoms with Crippen molar-refractivity contribution in [3.05, 3.63) is 58.9 Å². The Morgan fingerprint density at radius 2 is 2.25 bits per heavy atom. The number of imidazole rings is 1. The van der Waals surface area contributed by atoms with E-state index in [-0.39, 0.29) is 11.7 Å². The standard InChI is InChI=1S/C18H17N3O3/c1-11-16(17-13(22)5-4-6-14(17)24-11)18(23)20-10-12-9-19-15-7-2-3-8-21(12)15/h2-3,7-9H,4-6,10H2,1H3,(H,20,23). The van der Waals surface area contributed by atoms with Crippen molar-refractivity contribution in [1.82, 2.24) is 14.7 Å². The van der Waals surface area contributed by atoms with Gasteiger partial charge in [-0.2, -0.15) is 0 Å². The highest BCUT2D eigenvalue weighted by Gasteiger charge is 2.30. The predicted molar refractivity (Wildman–Crippen MR) is 87.1 cm³/mol. The zero-order valence-corrected chi connectivity index (χ0v) is 13.3. The van der Waals surface area contributed by atoms with Crippen LogP contribution in [-0.2, 0) is 13.0 Å². The molecule has 0 aromatic carbocycles. The van der Waals surface area contributed by atoms with Crippen LogP contribution >= 0.6 is 0 Å². The molecule has 24 heavy (non-hydrogen) atoms. The van der Waals surface area contributed by atoms with Crippen LogP contribution in [0.1, 0.15) is 50.8 Å². The van der Waals surface area contributed by atoms with Crippen LogP contribution in [0.25, 0.3) is 5.65 Å². The number of pyridine rings is 1. The lowest BCUT2D eigenvalue weighted by atomic mass is 9.93. The Bertz CT molecular complexity index is 952. The minimum absolute atomic E-state index is 0.00643. The van der Waals surface area contributed by atoms with Crippen molar-refractivity contribution in [2.75, 3.05) is 0 Å². The van der Waals surface area contributed by atoms with Crippen LogP contribution < -0.4 is 5.32 Å². The molecule has 3 aromatic heterocycles. The van der Waals surface area contributed by atoms with Gasteiger partial charge >= 0.3 is 0 Å². The van der Waals surface area contributed by atoms with Gasteiger partial charge in [0.15, 0.2) is 5.78 Å². The molecule has 122 valence electrons. The van der Waals surface area contributed by atoms with Gasteiger partial charge in [0.05, 0.1) is 29.6 Å². The molecule has 0 aliphatic heterocycles. The van der Waals surface area contributed by atoms with E-state index < -0.39 is 0 Å². The van der Waals surface area contributed by atoms with Crippen LogP contribution in [0.15, 0.2) is 35.0 Å². The smallest absolute Gasteiger partial charge is 0.255 e. The first-order valence-electron chi connectivity index (χ1n) is 8.00. The highest BCUT2D eigenvalue weighted by molar-refractivity contribution is 6.09. The Morgan fingerprint density at radius 1 is 1.38 bits per heavy atom. The third-order valence-electron chi connectivity index (χ3n) is 4.39. The molecule has 1 N–H and O–H groups in total. The summed E-state index contributed by atoms with van der Waals surface area (Å²) in [5.74, 6) is 0.862. The van der Waals surface area contributed by atoms with Crippen molar-refractivity contribution in [3.63, 3.8) is 0 Å². The number of fused-ring (bicyclic) bond motifs is 2. The van der Waals surface area contributed by atoms with E-state index in [9.17, 15) is 9.59 Å². The van der Waals surface area contributed by atoms with Gasteiger partial charge in [-0.1, -0.05) is 6.07 Å². The molecular formula is C18H17N3O3. The number of Topliss-reactive ketones (excluding diaryl/α,β-unsaturated/α-hetero) is 1. The lowest BCUT2D eigenvalue weighted by Gasteiger charge is -2.10. The monoisotopic (exact) mass is 323 g/mol. The van der Waals surface area contributed by atoms with Crippen molar-refractivity contribution in [2.45, 2.75) is 32.7 Å². The van der Waals surface area contributed by atoms with Crippen LogP contribution in [-0.4, -0.2) is 21.1 Å². The van der Waals surface area contributed by atoms with Gasteiger partial charge in [-0.05, 0) is 25.5 Å². The number of rotatable bonds is 3. The molecule has 0 radical (unpaired) electrons. The first-order chi connectivity index (χ1) is 11.6. The van der Waals surface area contributed by atoms with Crippen molar-refractivity contribution in [2.24, 2.45) is 0 Å². The van der Waals surface area contributed by atoms with Crippen molar-refractivity contribution >= 4 is 17.3 Å². The molecule has 0 unspecified atom stereocenters. The zero-order chi connectivity index (χ0) is 16.7. The van der Waals surface area contributed by atoms with Gasteiger partial charge in [-0.25, -0.2) is 4.98 Å². The summed E-state index contributed by atoms with van der Waals surface area (Å²) < 4.78 is 7.56. The maximum atomic E-state index is 12.6. The molecule has 0 atom stereocenters. The molecule has 0 fully saturated rings. The zero-order valence-electron chi connectivity index (χ0n) is 13.3.